The fourth-order valence-corrected chi connectivity index (χ4v) is 1.35. The Kier molecular flexibility index (Phi) is 3.13. The Hall–Kier alpha value is -1.31. The third-order valence-electron chi connectivity index (χ3n) is 1.70. The summed E-state index contributed by atoms with van der Waals surface area (Å²) >= 11 is 0. The van der Waals surface area contributed by atoms with Gasteiger partial charge in [0.15, 0.2) is 0 Å². The summed E-state index contributed by atoms with van der Waals surface area (Å²) in [5, 5.41) is 0. The zero-order valence-corrected chi connectivity index (χ0v) is 8.69. The number of benzene rings is 1. The van der Waals surface area contributed by atoms with Crippen LogP contribution in [0, 0.1) is 12.7 Å². The molecule has 0 bridgehead atoms. The van der Waals surface area contributed by atoms with Crippen LogP contribution in [-0.2, 0) is 10.1 Å². The van der Waals surface area contributed by atoms with Gasteiger partial charge in [-0.05, 0) is 19.1 Å². The Bertz CT molecular complexity index is 492. The summed E-state index contributed by atoms with van der Waals surface area (Å²) in [5.74, 6) is -1.54. The van der Waals surface area contributed by atoms with Crippen LogP contribution in [0.5, 0.6) is 5.75 Å². The van der Waals surface area contributed by atoms with E-state index in [0.29, 0.717) is 0 Å². The fraction of sp³-hybridized carbons (Fsp3) is 0.250. The average molecular weight is 258 g/mol. The average Bonchev–Trinajstić information content (AvgIpc) is 2.11. The van der Waals surface area contributed by atoms with Crippen LogP contribution in [0.3, 0.4) is 0 Å². The molecule has 0 aliphatic heterocycles. The van der Waals surface area contributed by atoms with Crippen molar-refractivity contribution in [1.82, 2.24) is 0 Å². The van der Waals surface area contributed by atoms with Gasteiger partial charge >= 0.3 is 15.6 Å². The Balaban J connectivity index is 3.12. The highest BCUT2D eigenvalue weighted by molar-refractivity contribution is 7.88. The van der Waals surface area contributed by atoms with Crippen LogP contribution in [0.4, 0.5) is 17.6 Å². The first-order chi connectivity index (χ1) is 7.15. The summed E-state index contributed by atoms with van der Waals surface area (Å²) < 4.78 is 73.7. The second kappa shape index (κ2) is 3.93. The van der Waals surface area contributed by atoms with E-state index in [-0.39, 0.29) is 5.56 Å². The summed E-state index contributed by atoms with van der Waals surface area (Å²) in [6, 6.07) is 2.95. The second-order valence-corrected chi connectivity index (χ2v) is 4.38. The minimum Gasteiger partial charge on any atom is -0.376 e. The maximum Gasteiger partial charge on any atom is 0.534 e. The molecule has 0 saturated heterocycles. The van der Waals surface area contributed by atoms with Gasteiger partial charge in [-0.25, -0.2) is 4.39 Å². The highest BCUT2D eigenvalue weighted by Crippen LogP contribution is 2.29. The number of alkyl halides is 3. The summed E-state index contributed by atoms with van der Waals surface area (Å²) in [5.41, 5.74) is -5.85. The van der Waals surface area contributed by atoms with Crippen LogP contribution in [-0.4, -0.2) is 13.9 Å². The molecule has 0 heterocycles. The van der Waals surface area contributed by atoms with Crippen molar-refractivity contribution < 1.29 is 30.2 Å². The van der Waals surface area contributed by atoms with E-state index in [0.717, 1.165) is 25.1 Å². The topological polar surface area (TPSA) is 43.4 Å². The first-order valence-electron chi connectivity index (χ1n) is 3.91. The van der Waals surface area contributed by atoms with Crippen molar-refractivity contribution in [3.63, 3.8) is 0 Å². The molecule has 16 heavy (non-hydrogen) atoms. The first kappa shape index (κ1) is 12.8. The number of rotatable bonds is 2. The van der Waals surface area contributed by atoms with Crippen molar-refractivity contribution in [2.45, 2.75) is 12.4 Å². The van der Waals surface area contributed by atoms with E-state index in [1.165, 1.54) is 0 Å². The molecule has 1 aromatic carbocycles. The molecule has 1 rings (SSSR count). The molecule has 0 aliphatic carbocycles. The molecule has 90 valence electrons. The Morgan fingerprint density at radius 1 is 1.25 bits per heavy atom. The van der Waals surface area contributed by atoms with Crippen molar-refractivity contribution in [1.29, 1.82) is 0 Å². The number of hydrogen-bond donors (Lipinski definition) is 0. The normalized spacial score (nSPS) is 12.6. The van der Waals surface area contributed by atoms with Crippen molar-refractivity contribution in [2.75, 3.05) is 0 Å². The highest BCUT2D eigenvalue weighted by atomic mass is 32.2. The minimum atomic E-state index is -5.76. The maximum absolute atomic E-state index is 12.9. The molecule has 8 heteroatoms. The summed E-state index contributed by atoms with van der Waals surface area (Å²) in [7, 11) is -5.76. The lowest BCUT2D eigenvalue weighted by atomic mass is 10.2. The molecule has 0 N–H and O–H groups in total. The molecule has 0 unspecified atom stereocenters. The summed E-state index contributed by atoms with van der Waals surface area (Å²) in [6.07, 6.45) is 0. The van der Waals surface area contributed by atoms with Gasteiger partial charge in [0.25, 0.3) is 0 Å². The van der Waals surface area contributed by atoms with Gasteiger partial charge in [0, 0.05) is 5.56 Å². The Morgan fingerprint density at radius 3 is 2.31 bits per heavy atom. The molecule has 0 spiro atoms. The fourth-order valence-electron chi connectivity index (χ4n) is 0.843. The first-order valence-corrected chi connectivity index (χ1v) is 5.32. The predicted molar refractivity (Wildman–Crippen MR) is 46.7 cm³/mol. The molecule has 0 aliphatic rings. The molecule has 0 amide bonds. The van der Waals surface area contributed by atoms with E-state index in [4.69, 9.17) is 0 Å². The molecule has 0 saturated carbocycles. The number of hydrogen-bond acceptors (Lipinski definition) is 3. The quantitative estimate of drug-likeness (QED) is 0.464. The molecule has 0 radical (unpaired) electrons. The SMILES string of the molecule is Cc1c(F)cccc1OS(=O)(=O)C(F)(F)F. The monoisotopic (exact) mass is 258 g/mol. The van der Waals surface area contributed by atoms with Crippen molar-refractivity contribution in [2.24, 2.45) is 0 Å². The third kappa shape index (κ3) is 2.43. The van der Waals surface area contributed by atoms with Crippen LogP contribution in [0.1, 0.15) is 5.56 Å². The van der Waals surface area contributed by atoms with Crippen LogP contribution in [0.2, 0.25) is 0 Å². The van der Waals surface area contributed by atoms with Gasteiger partial charge in [-0.2, -0.15) is 21.6 Å². The lowest BCUT2D eigenvalue weighted by molar-refractivity contribution is -0.0500. The van der Waals surface area contributed by atoms with Gasteiger partial charge in [-0.1, -0.05) is 6.07 Å². The standard InChI is InChI=1S/C8H6F4O3S/c1-5-6(9)3-2-4-7(5)15-16(13,14)8(10,11)12/h2-4H,1H3. The summed E-state index contributed by atoms with van der Waals surface area (Å²) in [6.45, 7) is 1.11. The van der Waals surface area contributed by atoms with Crippen LogP contribution in [0.15, 0.2) is 18.2 Å². The van der Waals surface area contributed by atoms with Crippen LogP contribution in [0.25, 0.3) is 0 Å². The molecular weight excluding hydrogens is 252 g/mol. The lowest BCUT2D eigenvalue weighted by Crippen LogP contribution is -2.28. The van der Waals surface area contributed by atoms with Crippen molar-refractivity contribution >= 4 is 10.1 Å². The molecule has 0 aromatic heterocycles. The van der Waals surface area contributed by atoms with E-state index in [1.54, 1.807) is 0 Å². The minimum absolute atomic E-state index is 0.310. The van der Waals surface area contributed by atoms with E-state index in [9.17, 15) is 26.0 Å². The zero-order chi connectivity index (χ0) is 12.6. The maximum atomic E-state index is 12.9. The van der Waals surface area contributed by atoms with Gasteiger partial charge in [0.05, 0.1) is 0 Å². The van der Waals surface area contributed by atoms with Gasteiger partial charge in [-0.15, -0.1) is 0 Å². The molecule has 3 nitrogen and oxygen atoms in total. The number of halogens is 4. The zero-order valence-electron chi connectivity index (χ0n) is 7.88. The molecule has 0 fully saturated rings. The van der Waals surface area contributed by atoms with Crippen LogP contribution >= 0.6 is 0 Å². The van der Waals surface area contributed by atoms with Crippen LogP contribution < -0.4 is 4.18 Å². The van der Waals surface area contributed by atoms with E-state index < -0.39 is 27.2 Å². The highest BCUT2D eigenvalue weighted by Gasteiger charge is 2.48. The second-order valence-electron chi connectivity index (χ2n) is 2.85. The molecular formula is C8H6F4O3S. The predicted octanol–water partition coefficient (Wildman–Crippen LogP) is 2.36. The Labute approximate surface area is 88.8 Å². The Morgan fingerprint density at radius 2 is 1.81 bits per heavy atom. The van der Waals surface area contributed by atoms with Gasteiger partial charge in [0.1, 0.15) is 11.6 Å². The smallest absolute Gasteiger partial charge is 0.376 e. The van der Waals surface area contributed by atoms with Gasteiger partial charge in [-0.3, -0.25) is 0 Å². The van der Waals surface area contributed by atoms with E-state index >= 15 is 0 Å². The van der Waals surface area contributed by atoms with Crippen molar-refractivity contribution in [3.05, 3.63) is 29.6 Å². The molecule has 0 atom stereocenters. The van der Waals surface area contributed by atoms with E-state index in [1.807, 2.05) is 0 Å². The van der Waals surface area contributed by atoms with Gasteiger partial charge < -0.3 is 4.18 Å². The van der Waals surface area contributed by atoms with Gasteiger partial charge in [0.2, 0.25) is 0 Å². The third-order valence-corrected chi connectivity index (χ3v) is 2.67. The summed E-state index contributed by atoms with van der Waals surface area (Å²) in [4.78, 5) is 0. The largest absolute Gasteiger partial charge is 0.534 e. The molecule has 1 aromatic rings. The van der Waals surface area contributed by atoms with Crippen molar-refractivity contribution in [3.8, 4) is 5.75 Å². The lowest BCUT2D eigenvalue weighted by Gasteiger charge is -2.11. The van der Waals surface area contributed by atoms with E-state index in [2.05, 4.69) is 4.18 Å².